The number of carbonyl (C=O) groups is 2. The standard InChI is InChI=1S/C31H40Cl2N8O4/c1-8-27(42)37-23-16-21(41-13-11-40(12-14-41)19(2)3)9-10-22(23)36-20(4)15-26(35-18-34)39(5)31(43)38-30-28(32)24(44-6)17-25(45-7)29(30)33/h8-10,15-19,34,36H,1,11-14H2,2-7H3,(H,37,42)(H,38,43)/b20-15+,34-18?,35-26+. The number of rotatable bonds is 11. The Hall–Kier alpha value is -4.26. The van der Waals surface area contributed by atoms with E-state index in [1.807, 2.05) is 18.2 Å². The second kappa shape index (κ2) is 16.2. The van der Waals surface area contributed by atoms with Gasteiger partial charge in [0.15, 0.2) is 0 Å². The smallest absolute Gasteiger partial charge is 0.327 e. The van der Waals surface area contributed by atoms with Crippen molar-refractivity contribution >= 4 is 70.1 Å². The normalized spacial score (nSPS) is 14.1. The number of ether oxygens (including phenoxy) is 2. The summed E-state index contributed by atoms with van der Waals surface area (Å²) in [6.07, 6.45) is 3.61. The van der Waals surface area contributed by atoms with Gasteiger partial charge in [0.25, 0.3) is 0 Å². The molecule has 1 fully saturated rings. The first-order valence-electron chi connectivity index (χ1n) is 14.2. The first-order valence-corrected chi connectivity index (χ1v) is 14.9. The Morgan fingerprint density at radius 3 is 2.18 bits per heavy atom. The predicted molar refractivity (Wildman–Crippen MR) is 184 cm³/mol. The van der Waals surface area contributed by atoms with Crippen LogP contribution in [0.2, 0.25) is 10.0 Å². The second-order valence-corrected chi connectivity index (χ2v) is 11.1. The SMILES string of the molecule is C=CC(=O)Nc1cc(N2CCN(C(C)C)CC2)ccc1N/C(C)=C/C(=N\C=N)N(C)C(=O)Nc1c(Cl)c(OC)cc(OC)c1Cl. The molecule has 1 saturated heterocycles. The number of nitrogens with zero attached hydrogens (tertiary/aromatic N) is 4. The molecule has 0 unspecified atom stereocenters. The molecule has 1 aliphatic rings. The van der Waals surface area contributed by atoms with Crippen LogP contribution in [-0.4, -0.2) is 87.4 Å². The van der Waals surface area contributed by atoms with Crippen molar-refractivity contribution in [1.29, 1.82) is 5.41 Å². The molecular weight excluding hydrogens is 619 g/mol. The van der Waals surface area contributed by atoms with Crippen LogP contribution in [0.5, 0.6) is 11.5 Å². The van der Waals surface area contributed by atoms with Crippen molar-refractivity contribution in [3.05, 3.63) is 58.7 Å². The molecule has 0 radical (unpaired) electrons. The molecule has 0 saturated carbocycles. The van der Waals surface area contributed by atoms with Crippen LogP contribution in [-0.2, 0) is 4.79 Å². The first-order chi connectivity index (χ1) is 21.4. The molecule has 2 aromatic rings. The van der Waals surface area contributed by atoms with Gasteiger partial charge in [-0.05, 0) is 45.0 Å². The van der Waals surface area contributed by atoms with Gasteiger partial charge in [-0.3, -0.25) is 20.0 Å². The Kier molecular flexibility index (Phi) is 12.7. The zero-order chi connectivity index (χ0) is 33.3. The van der Waals surface area contributed by atoms with E-state index in [0.29, 0.717) is 23.1 Å². The highest BCUT2D eigenvalue weighted by Gasteiger charge is 2.23. The summed E-state index contributed by atoms with van der Waals surface area (Å²) in [5.74, 6) is 0.293. The maximum absolute atomic E-state index is 13.3. The van der Waals surface area contributed by atoms with Crippen LogP contribution in [0.4, 0.5) is 27.5 Å². The number of piperazine rings is 1. The summed E-state index contributed by atoms with van der Waals surface area (Å²) < 4.78 is 10.5. The maximum Gasteiger partial charge on any atom is 0.327 e. The van der Waals surface area contributed by atoms with Gasteiger partial charge in [0.05, 0.1) is 31.3 Å². The van der Waals surface area contributed by atoms with Crippen molar-refractivity contribution in [2.75, 3.05) is 68.3 Å². The summed E-state index contributed by atoms with van der Waals surface area (Å²) in [5.41, 5.74) is 2.82. The summed E-state index contributed by atoms with van der Waals surface area (Å²) >= 11 is 12.8. The summed E-state index contributed by atoms with van der Waals surface area (Å²) in [6, 6.07) is 7.15. The van der Waals surface area contributed by atoms with Gasteiger partial charge >= 0.3 is 6.03 Å². The number of likely N-dealkylation sites (N-methyl/N-ethyl adjacent to an activating group) is 1. The molecule has 3 amide bonds. The molecule has 0 aromatic heterocycles. The highest BCUT2D eigenvalue weighted by atomic mass is 35.5. The topological polar surface area (TPSA) is 135 Å². The van der Waals surface area contributed by atoms with Gasteiger partial charge in [0.1, 0.15) is 33.7 Å². The Bertz CT molecular complexity index is 1460. The molecule has 1 heterocycles. The van der Waals surface area contributed by atoms with Gasteiger partial charge in [-0.25, -0.2) is 9.79 Å². The van der Waals surface area contributed by atoms with Crippen LogP contribution in [0, 0.1) is 5.41 Å². The summed E-state index contributed by atoms with van der Waals surface area (Å²) in [7, 11) is 4.33. The Morgan fingerprint density at radius 2 is 1.64 bits per heavy atom. The Balaban J connectivity index is 1.85. The van der Waals surface area contributed by atoms with E-state index in [1.165, 1.54) is 38.3 Å². The van der Waals surface area contributed by atoms with E-state index >= 15 is 0 Å². The fraction of sp³-hybridized carbons (Fsp3) is 0.355. The molecule has 2 aromatic carbocycles. The van der Waals surface area contributed by atoms with Gasteiger partial charge in [0.2, 0.25) is 5.91 Å². The first kappa shape index (κ1) is 35.2. The Morgan fingerprint density at radius 1 is 1.02 bits per heavy atom. The molecule has 12 nitrogen and oxygen atoms in total. The number of nitrogens with one attached hydrogen (secondary N) is 4. The fourth-order valence-electron chi connectivity index (χ4n) is 4.64. The minimum atomic E-state index is -0.639. The average Bonchev–Trinajstić information content (AvgIpc) is 3.03. The fourth-order valence-corrected chi connectivity index (χ4v) is 5.24. The highest BCUT2D eigenvalue weighted by molar-refractivity contribution is 6.41. The van der Waals surface area contributed by atoms with Crippen molar-refractivity contribution in [2.45, 2.75) is 26.8 Å². The summed E-state index contributed by atoms with van der Waals surface area (Å²) in [5, 5.41) is 16.5. The van der Waals surface area contributed by atoms with E-state index in [4.69, 9.17) is 38.1 Å². The molecule has 14 heteroatoms. The number of allylic oxidation sites excluding steroid dienone is 1. The Labute approximate surface area is 274 Å². The maximum atomic E-state index is 13.3. The summed E-state index contributed by atoms with van der Waals surface area (Å²) in [6.45, 7) is 13.4. The molecule has 0 atom stereocenters. The van der Waals surface area contributed by atoms with Gasteiger partial charge in [-0.2, -0.15) is 0 Å². The number of hydrogen-bond acceptors (Lipinski definition) is 8. The lowest BCUT2D eigenvalue weighted by atomic mass is 10.1. The molecule has 0 bridgehead atoms. The quantitative estimate of drug-likeness (QED) is 0.129. The van der Waals surface area contributed by atoms with Gasteiger partial charge in [-0.1, -0.05) is 29.8 Å². The minimum absolute atomic E-state index is 0.0864. The highest BCUT2D eigenvalue weighted by Crippen LogP contribution is 2.44. The molecular formula is C31H40Cl2N8O4. The zero-order valence-corrected chi connectivity index (χ0v) is 27.8. The van der Waals surface area contributed by atoms with E-state index in [9.17, 15) is 9.59 Å². The molecule has 4 N–H and O–H groups in total. The van der Waals surface area contributed by atoms with Crippen molar-refractivity contribution in [1.82, 2.24) is 9.80 Å². The third-order valence-electron chi connectivity index (χ3n) is 7.18. The second-order valence-electron chi connectivity index (χ2n) is 10.4. The molecule has 0 spiro atoms. The largest absolute Gasteiger partial charge is 0.495 e. The van der Waals surface area contributed by atoms with Crippen LogP contribution >= 0.6 is 23.2 Å². The van der Waals surface area contributed by atoms with Crippen LogP contribution in [0.1, 0.15) is 20.8 Å². The molecule has 45 heavy (non-hydrogen) atoms. The van der Waals surface area contributed by atoms with Crippen molar-refractivity contribution in [3.8, 4) is 11.5 Å². The lowest BCUT2D eigenvalue weighted by Crippen LogP contribution is -2.48. The predicted octanol–water partition coefficient (Wildman–Crippen LogP) is 6.15. The average molecular weight is 660 g/mol. The van der Waals surface area contributed by atoms with Crippen molar-refractivity contribution in [2.24, 2.45) is 4.99 Å². The number of carbonyl (C=O) groups excluding carboxylic acids is 2. The van der Waals surface area contributed by atoms with Gasteiger partial charge in [-0.15, -0.1) is 0 Å². The number of urea groups is 1. The molecule has 3 rings (SSSR count). The van der Waals surface area contributed by atoms with Crippen LogP contribution in [0.15, 0.2) is 53.7 Å². The number of halogens is 2. The van der Waals surface area contributed by atoms with Crippen LogP contribution < -0.4 is 30.3 Å². The van der Waals surface area contributed by atoms with E-state index in [-0.39, 0.29) is 39.0 Å². The number of anilines is 4. The van der Waals surface area contributed by atoms with Crippen molar-refractivity contribution < 1.29 is 19.1 Å². The zero-order valence-electron chi connectivity index (χ0n) is 26.3. The van der Waals surface area contributed by atoms with E-state index in [2.05, 4.69) is 51.2 Å². The van der Waals surface area contributed by atoms with Crippen molar-refractivity contribution in [3.63, 3.8) is 0 Å². The lowest BCUT2D eigenvalue weighted by Gasteiger charge is -2.38. The van der Waals surface area contributed by atoms with Crippen LogP contribution in [0.3, 0.4) is 0 Å². The van der Waals surface area contributed by atoms with Gasteiger partial charge in [0, 0.05) is 62.8 Å². The third-order valence-corrected chi connectivity index (χ3v) is 7.93. The van der Waals surface area contributed by atoms with Gasteiger partial charge < -0.3 is 30.3 Å². The van der Waals surface area contributed by atoms with Crippen LogP contribution in [0.25, 0.3) is 0 Å². The number of amidine groups is 1. The third kappa shape index (κ3) is 8.90. The number of amides is 3. The lowest BCUT2D eigenvalue weighted by molar-refractivity contribution is -0.111. The number of benzene rings is 2. The minimum Gasteiger partial charge on any atom is -0.495 e. The summed E-state index contributed by atoms with van der Waals surface area (Å²) in [4.78, 5) is 35.5. The van der Waals surface area contributed by atoms with E-state index in [0.717, 1.165) is 38.2 Å². The van der Waals surface area contributed by atoms with E-state index < -0.39 is 6.03 Å². The number of methoxy groups -OCH3 is 2. The number of hydrogen-bond donors (Lipinski definition) is 4. The molecule has 242 valence electrons. The molecule has 1 aliphatic heterocycles. The molecule has 0 aliphatic carbocycles. The number of aliphatic imine (C=N–C) groups is 1. The monoisotopic (exact) mass is 658 g/mol. The van der Waals surface area contributed by atoms with E-state index in [1.54, 1.807) is 13.0 Å².